The van der Waals surface area contributed by atoms with E-state index in [1.54, 1.807) is 36.4 Å². The summed E-state index contributed by atoms with van der Waals surface area (Å²) < 4.78 is 7.67. The molecule has 2 aromatic carbocycles. The molecule has 122 valence electrons. The van der Waals surface area contributed by atoms with E-state index < -0.39 is 0 Å². The molecule has 0 saturated heterocycles. The average Bonchev–Trinajstić information content (AvgIpc) is 2.61. The van der Waals surface area contributed by atoms with E-state index in [1.807, 2.05) is 12.1 Å². The third kappa shape index (κ3) is 3.71. The SMILES string of the molecule is O=C(OCCCn1cnc2ccccc2c1=O)c1ccc(Br)cc1. The standard InChI is InChI=1S/C18H15BrN2O3/c19-14-8-6-13(7-9-14)18(23)24-11-3-10-21-12-20-16-5-2-1-4-15(16)17(21)22/h1-2,4-9,12H,3,10-11H2. The van der Waals surface area contributed by atoms with Gasteiger partial charge >= 0.3 is 5.97 Å². The van der Waals surface area contributed by atoms with Crippen LogP contribution in [0.1, 0.15) is 16.8 Å². The molecule has 3 rings (SSSR count). The van der Waals surface area contributed by atoms with Crippen molar-refractivity contribution in [2.24, 2.45) is 0 Å². The van der Waals surface area contributed by atoms with Gasteiger partial charge in [-0.15, -0.1) is 0 Å². The van der Waals surface area contributed by atoms with Crippen molar-refractivity contribution < 1.29 is 9.53 Å². The minimum atomic E-state index is -0.369. The van der Waals surface area contributed by atoms with Crippen molar-refractivity contribution in [1.29, 1.82) is 0 Å². The molecule has 0 aliphatic heterocycles. The highest BCUT2D eigenvalue weighted by molar-refractivity contribution is 9.10. The maximum atomic E-state index is 12.3. The highest BCUT2D eigenvalue weighted by atomic mass is 79.9. The van der Waals surface area contributed by atoms with E-state index in [-0.39, 0.29) is 18.1 Å². The highest BCUT2D eigenvalue weighted by Crippen LogP contribution is 2.11. The summed E-state index contributed by atoms with van der Waals surface area (Å²) >= 11 is 3.32. The largest absolute Gasteiger partial charge is 0.462 e. The second kappa shape index (κ2) is 7.40. The molecule has 0 aliphatic rings. The topological polar surface area (TPSA) is 61.2 Å². The molecular weight excluding hydrogens is 372 g/mol. The number of esters is 1. The van der Waals surface area contributed by atoms with Gasteiger partial charge in [0.1, 0.15) is 0 Å². The molecule has 6 heteroatoms. The normalized spacial score (nSPS) is 10.7. The van der Waals surface area contributed by atoms with Gasteiger partial charge in [0.2, 0.25) is 0 Å². The van der Waals surface area contributed by atoms with Gasteiger partial charge in [-0.1, -0.05) is 28.1 Å². The average molecular weight is 387 g/mol. The third-order valence-corrected chi connectivity index (χ3v) is 4.12. The van der Waals surface area contributed by atoms with E-state index in [1.165, 1.54) is 10.9 Å². The number of hydrogen-bond donors (Lipinski definition) is 0. The van der Waals surface area contributed by atoms with Crippen LogP contribution < -0.4 is 5.56 Å². The van der Waals surface area contributed by atoms with E-state index in [2.05, 4.69) is 20.9 Å². The van der Waals surface area contributed by atoms with Crippen molar-refractivity contribution in [3.63, 3.8) is 0 Å². The van der Waals surface area contributed by atoms with Gasteiger partial charge in [-0.3, -0.25) is 9.36 Å². The second-order valence-corrected chi connectivity index (χ2v) is 6.17. The Hall–Kier alpha value is -2.47. The second-order valence-electron chi connectivity index (χ2n) is 5.26. The number of carbonyl (C=O) groups excluding carboxylic acids is 1. The van der Waals surface area contributed by atoms with Gasteiger partial charge in [0.05, 0.1) is 29.4 Å². The van der Waals surface area contributed by atoms with Crippen molar-refractivity contribution >= 4 is 32.8 Å². The first kappa shape index (κ1) is 16.4. The van der Waals surface area contributed by atoms with Crippen molar-refractivity contribution in [3.8, 4) is 0 Å². The van der Waals surface area contributed by atoms with Crippen LogP contribution in [-0.2, 0) is 11.3 Å². The minimum Gasteiger partial charge on any atom is -0.462 e. The molecule has 1 aromatic heterocycles. The Balaban J connectivity index is 1.57. The number of aryl methyl sites for hydroxylation is 1. The molecule has 0 atom stereocenters. The van der Waals surface area contributed by atoms with Gasteiger partial charge in [-0.25, -0.2) is 9.78 Å². The third-order valence-electron chi connectivity index (χ3n) is 3.59. The molecule has 0 fully saturated rings. The maximum absolute atomic E-state index is 12.3. The summed E-state index contributed by atoms with van der Waals surface area (Å²) in [6.45, 7) is 0.693. The molecule has 0 spiro atoms. The molecule has 3 aromatic rings. The van der Waals surface area contributed by atoms with Crippen molar-refractivity contribution in [3.05, 3.63) is 75.2 Å². The minimum absolute atomic E-state index is 0.0835. The molecule has 0 saturated carbocycles. The Morgan fingerprint density at radius 1 is 1.12 bits per heavy atom. The lowest BCUT2D eigenvalue weighted by Gasteiger charge is -2.07. The fourth-order valence-corrected chi connectivity index (χ4v) is 2.60. The van der Waals surface area contributed by atoms with Crippen molar-refractivity contribution in [2.75, 3.05) is 6.61 Å². The number of carbonyl (C=O) groups is 1. The summed E-state index contributed by atoms with van der Waals surface area (Å²) in [4.78, 5) is 28.5. The van der Waals surface area contributed by atoms with E-state index in [9.17, 15) is 9.59 Å². The van der Waals surface area contributed by atoms with E-state index >= 15 is 0 Å². The summed E-state index contributed by atoms with van der Waals surface area (Å²) in [6.07, 6.45) is 2.07. The summed E-state index contributed by atoms with van der Waals surface area (Å²) in [5, 5.41) is 0.590. The summed E-state index contributed by atoms with van der Waals surface area (Å²) in [6, 6.07) is 14.2. The van der Waals surface area contributed by atoms with Gasteiger partial charge in [0.15, 0.2) is 0 Å². The van der Waals surface area contributed by atoms with Crippen LogP contribution in [0, 0.1) is 0 Å². The molecule has 0 radical (unpaired) electrons. The number of aromatic nitrogens is 2. The van der Waals surface area contributed by atoms with Crippen LogP contribution in [-0.4, -0.2) is 22.1 Å². The molecule has 0 N–H and O–H groups in total. The summed E-state index contributed by atoms with van der Waals surface area (Å²) in [7, 11) is 0. The monoisotopic (exact) mass is 386 g/mol. The maximum Gasteiger partial charge on any atom is 0.338 e. The van der Waals surface area contributed by atoms with Crippen molar-refractivity contribution in [1.82, 2.24) is 9.55 Å². The zero-order valence-electron chi connectivity index (χ0n) is 12.8. The Morgan fingerprint density at radius 2 is 1.88 bits per heavy atom. The number of benzene rings is 2. The highest BCUT2D eigenvalue weighted by Gasteiger charge is 2.07. The summed E-state index contributed by atoms with van der Waals surface area (Å²) in [5.74, 6) is -0.369. The van der Waals surface area contributed by atoms with Crippen LogP contribution in [0.2, 0.25) is 0 Å². The van der Waals surface area contributed by atoms with Gasteiger partial charge < -0.3 is 4.74 Å². The molecule has 1 heterocycles. The van der Waals surface area contributed by atoms with Crippen LogP contribution >= 0.6 is 15.9 Å². The van der Waals surface area contributed by atoms with Gasteiger partial charge in [-0.05, 0) is 42.8 Å². The molecule has 0 aliphatic carbocycles. The Bertz CT molecular complexity index is 919. The number of hydrogen-bond acceptors (Lipinski definition) is 4. The van der Waals surface area contributed by atoms with E-state index in [0.717, 1.165) is 4.47 Å². The van der Waals surface area contributed by atoms with Crippen LogP contribution in [0.3, 0.4) is 0 Å². The van der Waals surface area contributed by atoms with Crippen LogP contribution in [0.25, 0.3) is 10.9 Å². The first-order valence-electron chi connectivity index (χ1n) is 7.52. The quantitative estimate of drug-likeness (QED) is 0.497. The molecule has 5 nitrogen and oxygen atoms in total. The Labute approximate surface area is 147 Å². The molecule has 0 unspecified atom stereocenters. The fraction of sp³-hybridized carbons (Fsp3) is 0.167. The zero-order chi connectivity index (χ0) is 16.9. The number of halogens is 1. The van der Waals surface area contributed by atoms with Crippen LogP contribution in [0.15, 0.2) is 64.1 Å². The number of nitrogens with zero attached hydrogens (tertiary/aromatic N) is 2. The number of ether oxygens (including phenoxy) is 1. The van der Waals surface area contributed by atoms with Gasteiger partial charge in [-0.2, -0.15) is 0 Å². The zero-order valence-corrected chi connectivity index (χ0v) is 14.4. The molecule has 0 amide bonds. The Kier molecular flexibility index (Phi) is 5.05. The number of rotatable bonds is 5. The Morgan fingerprint density at radius 3 is 2.67 bits per heavy atom. The lowest BCUT2D eigenvalue weighted by Crippen LogP contribution is -2.21. The summed E-state index contributed by atoms with van der Waals surface area (Å²) in [5.41, 5.74) is 1.10. The first-order chi connectivity index (χ1) is 11.6. The van der Waals surface area contributed by atoms with Gasteiger partial charge in [0, 0.05) is 11.0 Å². The lowest BCUT2D eigenvalue weighted by molar-refractivity contribution is 0.0495. The fourth-order valence-electron chi connectivity index (χ4n) is 2.33. The van der Waals surface area contributed by atoms with E-state index in [0.29, 0.717) is 29.4 Å². The van der Waals surface area contributed by atoms with E-state index in [4.69, 9.17) is 4.74 Å². The predicted octanol–water partition coefficient (Wildman–Crippen LogP) is 3.41. The number of para-hydroxylation sites is 1. The first-order valence-corrected chi connectivity index (χ1v) is 8.31. The number of fused-ring (bicyclic) bond motifs is 1. The van der Waals surface area contributed by atoms with Crippen LogP contribution in [0.5, 0.6) is 0 Å². The van der Waals surface area contributed by atoms with Gasteiger partial charge in [0.25, 0.3) is 5.56 Å². The molecule has 24 heavy (non-hydrogen) atoms. The molecule has 0 bridgehead atoms. The molecular formula is C18H15BrN2O3. The predicted molar refractivity (Wildman–Crippen MR) is 95.0 cm³/mol. The smallest absolute Gasteiger partial charge is 0.338 e. The lowest BCUT2D eigenvalue weighted by atomic mass is 10.2. The van der Waals surface area contributed by atoms with Crippen LogP contribution in [0.4, 0.5) is 0 Å². The van der Waals surface area contributed by atoms with Crippen molar-refractivity contribution in [2.45, 2.75) is 13.0 Å².